The number of fused-ring (bicyclic) bond motifs is 2. The number of rotatable bonds is 5. The van der Waals surface area contributed by atoms with Gasteiger partial charge >= 0.3 is 0 Å². The third kappa shape index (κ3) is 3.92. The Bertz CT molecular complexity index is 1560. The molecule has 4 heterocycles. The number of aryl methyl sites for hydroxylation is 2. The van der Waals surface area contributed by atoms with Crippen molar-refractivity contribution in [2.75, 3.05) is 13.1 Å². The van der Waals surface area contributed by atoms with Crippen LogP contribution < -0.4 is 10.1 Å². The average Bonchev–Trinajstić information content (AvgIpc) is 3.35. The predicted molar refractivity (Wildman–Crippen MR) is 133 cm³/mol. The number of likely N-dealkylation sites (tertiary alicyclic amines) is 1. The molecule has 2 aliphatic rings. The van der Waals surface area contributed by atoms with E-state index in [1.54, 1.807) is 59.9 Å². The number of halogens is 1. The Morgan fingerprint density at radius 1 is 1.24 bits per heavy atom. The smallest absolute Gasteiger partial charge is 0.255 e. The summed E-state index contributed by atoms with van der Waals surface area (Å²) in [5.41, 5.74) is 1.87. The van der Waals surface area contributed by atoms with Gasteiger partial charge in [0.2, 0.25) is 0 Å². The number of β-amino-alcohol motifs (C(OH)–C–C–N with tert-alkyl or cyclic N) is 1. The molecule has 0 spiro atoms. The summed E-state index contributed by atoms with van der Waals surface area (Å²) in [4.78, 5) is 27.4. The van der Waals surface area contributed by atoms with Crippen molar-refractivity contribution in [3.8, 4) is 11.5 Å². The van der Waals surface area contributed by atoms with Gasteiger partial charge in [0.25, 0.3) is 11.8 Å². The van der Waals surface area contributed by atoms with E-state index in [1.165, 1.54) is 0 Å². The number of amides is 2. The zero-order chi connectivity index (χ0) is 26.1. The van der Waals surface area contributed by atoms with Gasteiger partial charge in [-0.15, -0.1) is 0 Å². The van der Waals surface area contributed by atoms with Crippen LogP contribution in [0, 0.1) is 13.8 Å². The molecule has 2 amide bonds. The molecule has 6 rings (SSSR count). The van der Waals surface area contributed by atoms with E-state index in [2.05, 4.69) is 10.4 Å². The standard InChI is InChI=1S/C27H27FN4O5/c1-14-18(26(34)31-12-27(3,35)13-31)11-32-24(14)21(8-9-29-32)37-16-4-5-17-22(10-16)36-15(2)23(17)25(33)30-20-7-6-19(20)28/h4-5,8-11,19-20,35H,6-7,12-13H2,1-3H3,(H,30,33)/t19-,20+/m1/s1. The molecule has 2 atom stereocenters. The topological polar surface area (TPSA) is 109 Å². The van der Waals surface area contributed by atoms with E-state index in [4.69, 9.17) is 9.15 Å². The van der Waals surface area contributed by atoms with Gasteiger partial charge in [0, 0.05) is 23.7 Å². The van der Waals surface area contributed by atoms with E-state index in [9.17, 15) is 19.1 Å². The minimum Gasteiger partial charge on any atom is -0.460 e. The van der Waals surface area contributed by atoms with Crippen molar-refractivity contribution in [1.29, 1.82) is 0 Å². The fourth-order valence-corrected chi connectivity index (χ4v) is 5.15. The lowest BCUT2D eigenvalue weighted by atomic mass is 9.90. The first-order chi connectivity index (χ1) is 17.6. The van der Waals surface area contributed by atoms with Gasteiger partial charge in [-0.05, 0) is 51.3 Å². The molecule has 1 saturated heterocycles. The minimum absolute atomic E-state index is 0.167. The molecule has 2 fully saturated rings. The number of alkyl halides is 1. The fourth-order valence-electron chi connectivity index (χ4n) is 5.15. The monoisotopic (exact) mass is 506 g/mol. The van der Waals surface area contributed by atoms with Crippen molar-refractivity contribution in [2.45, 2.75) is 51.4 Å². The van der Waals surface area contributed by atoms with E-state index >= 15 is 0 Å². The first-order valence-corrected chi connectivity index (χ1v) is 12.3. The fraction of sp³-hybridized carbons (Fsp3) is 0.370. The van der Waals surface area contributed by atoms with Crippen molar-refractivity contribution >= 4 is 28.3 Å². The molecule has 0 bridgehead atoms. The van der Waals surface area contributed by atoms with Crippen LogP contribution in [-0.4, -0.2) is 62.3 Å². The van der Waals surface area contributed by atoms with Crippen molar-refractivity contribution in [3.05, 3.63) is 59.1 Å². The molecule has 9 nitrogen and oxygen atoms in total. The predicted octanol–water partition coefficient (Wildman–Crippen LogP) is 3.93. The molecule has 37 heavy (non-hydrogen) atoms. The van der Waals surface area contributed by atoms with Crippen molar-refractivity contribution in [1.82, 2.24) is 19.8 Å². The number of aromatic nitrogens is 2. The maximum absolute atomic E-state index is 13.6. The highest BCUT2D eigenvalue weighted by molar-refractivity contribution is 6.07. The third-order valence-corrected chi connectivity index (χ3v) is 7.27. The zero-order valence-electron chi connectivity index (χ0n) is 20.7. The van der Waals surface area contributed by atoms with Crippen molar-refractivity contribution in [3.63, 3.8) is 0 Å². The van der Waals surface area contributed by atoms with Crippen LogP contribution in [0.3, 0.4) is 0 Å². The van der Waals surface area contributed by atoms with Gasteiger partial charge in [-0.25, -0.2) is 8.91 Å². The number of nitrogens with zero attached hydrogens (tertiary/aromatic N) is 3. The number of carbonyl (C=O) groups excluding carboxylic acids is 2. The second kappa shape index (κ2) is 8.31. The molecule has 1 aliphatic carbocycles. The SMILES string of the molecule is Cc1oc2cc(Oc3ccnn4cc(C(=O)N5CC(C)(O)C5)c(C)c34)ccc2c1C(=O)N[C@H]1CC[C@H]1F. The van der Waals surface area contributed by atoms with Crippen LogP contribution in [-0.2, 0) is 0 Å². The lowest BCUT2D eigenvalue weighted by Gasteiger charge is -2.44. The van der Waals surface area contributed by atoms with Gasteiger partial charge < -0.3 is 24.5 Å². The summed E-state index contributed by atoms with van der Waals surface area (Å²) in [6.07, 6.45) is 3.35. The Kier molecular flexibility index (Phi) is 5.27. The van der Waals surface area contributed by atoms with Gasteiger partial charge in [-0.3, -0.25) is 9.59 Å². The Morgan fingerprint density at radius 2 is 2.03 bits per heavy atom. The molecule has 1 aliphatic heterocycles. The van der Waals surface area contributed by atoms with Crippen LogP contribution in [0.1, 0.15) is 51.8 Å². The quantitative estimate of drug-likeness (QED) is 0.425. The number of hydrogen-bond acceptors (Lipinski definition) is 6. The van der Waals surface area contributed by atoms with Crippen LogP contribution >= 0.6 is 0 Å². The third-order valence-electron chi connectivity index (χ3n) is 7.27. The first-order valence-electron chi connectivity index (χ1n) is 12.3. The number of benzene rings is 1. The van der Waals surface area contributed by atoms with E-state index in [-0.39, 0.29) is 24.9 Å². The van der Waals surface area contributed by atoms with Crippen LogP contribution in [0.15, 0.2) is 41.1 Å². The highest BCUT2D eigenvalue weighted by atomic mass is 19.1. The number of ether oxygens (including phenoxy) is 1. The molecule has 10 heteroatoms. The van der Waals surface area contributed by atoms with Gasteiger partial charge in [0.1, 0.15) is 28.8 Å². The van der Waals surface area contributed by atoms with Crippen molar-refractivity contribution in [2.24, 2.45) is 0 Å². The van der Waals surface area contributed by atoms with E-state index in [1.807, 2.05) is 6.92 Å². The van der Waals surface area contributed by atoms with Crippen LogP contribution in [0.2, 0.25) is 0 Å². The largest absolute Gasteiger partial charge is 0.460 e. The average molecular weight is 507 g/mol. The Morgan fingerprint density at radius 3 is 2.70 bits per heavy atom. The first kappa shape index (κ1) is 23.5. The normalized spacial score (nSPS) is 20.5. The van der Waals surface area contributed by atoms with E-state index < -0.39 is 17.8 Å². The highest BCUT2D eigenvalue weighted by Gasteiger charge is 2.40. The summed E-state index contributed by atoms with van der Waals surface area (Å²) in [7, 11) is 0. The van der Waals surface area contributed by atoms with Gasteiger partial charge in [-0.1, -0.05) is 0 Å². The Balaban J connectivity index is 1.28. The second-order valence-corrected chi connectivity index (χ2v) is 10.3. The van der Waals surface area contributed by atoms with Crippen molar-refractivity contribution < 1.29 is 28.2 Å². The minimum atomic E-state index is -1.01. The van der Waals surface area contributed by atoms with Gasteiger partial charge in [0.05, 0.1) is 42.1 Å². The molecule has 1 aromatic carbocycles. The summed E-state index contributed by atoms with van der Waals surface area (Å²) in [5.74, 6) is 0.914. The molecule has 0 unspecified atom stereocenters. The number of furan rings is 1. The van der Waals surface area contributed by atoms with E-state index in [0.29, 0.717) is 57.7 Å². The maximum atomic E-state index is 13.6. The highest BCUT2D eigenvalue weighted by Crippen LogP contribution is 2.35. The number of nitrogens with one attached hydrogen (secondary N) is 1. The Labute approximate surface area is 211 Å². The van der Waals surface area contributed by atoms with Gasteiger partial charge in [0.15, 0.2) is 5.75 Å². The summed E-state index contributed by atoms with van der Waals surface area (Å²) in [6.45, 7) is 5.81. The summed E-state index contributed by atoms with van der Waals surface area (Å²) in [6, 6.07) is 6.44. The molecular formula is C27H27FN4O5. The molecule has 0 radical (unpaired) electrons. The lowest BCUT2D eigenvalue weighted by molar-refractivity contribution is -0.0669. The molecule has 1 saturated carbocycles. The summed E-state index contributed by atoms with van der Waals surface area (Å²) >= 11 is 0. The molecule has 192 valence electrons. The van der Waals surface area contributed by atoms with Gasteiger partial charge in [-0.2, -0.15) is 5.10 Å². The number of aliphatic hydroxyl groups is 1. The summed E-state index contributed by atoms with van der Waals surface area (Å²) < 4.78 is 27.3. The second-order valence-electron chi connectivity index (χ2n) is 10.3. The molecular weight excluding hydrogens is 479 g/mol. The Hall–Kier alpha value is -3.92. The molecule has 4 aromatic rings. The van der Waals surface area contributed by atoms with Crippen LogP contribution in [0.4, 0.5) is 4.39 Å². The maximum Gasteiger partial charge on any atom is 0.255 e. The van der Waals surface area contributed by atoms with Crippen LogP contribution in [0.25, 0.3) is 16.5 Å². The number of hydrogen-bond donors (Lipinski definition) is 2. The number of carbonyl (C=O) groups is 2. The zero-order valence-corrected chi connectivity index (χ0v) is 20.7. The lowest BCUT2D eigenvalue weighted by Crippen LogP contribution is -2.61. The molecule has 2 N–H and O–H groups in total. The molecule has 3 aromatic heterocycles. The van der Waals surface area contributed by atoms with E-state index in [0.717, 1.165) is 5.56 Å². The summed E-state index contributed by atoms with van der Waals surface area (Å²) in [5, 5.41) is 17.7. The van der Waals surface area contributed by atoms with Crippen LogP contribution in [0.5, 0.6) is 11.5 Å².